The van der Waals surface area contributed by atoms with E-state index in [0.29, 0.717) is 0 Å². The Hall–Kier alpha value is 5.18. The van der Waals surface area contributed by atoms with Crippen LogP contribution >= 0.6 is 376 Å². The molecule has 0 amide bonds. The normalized spacial score (nSPS) is 21.1. The summed E-state index contributed by atoms with van der Waals surface area (Å²) in [6.07, 6.45) is 8.60. The number of rotatable bonds is 24. The average Bonchev–Trinajstić information content (AvgIpc) is 1.90. The SMILES string of the molecule is COC(=O)C1=C(C(=O)OC)SC(=C2SC(SC)=C(SCSC3=C(SCSC4=C(SC)SC(=C5SC(C(=O)OC)=C(C(=O)OC)S5)S4)SC(=C4SC(SCSC5=C(SC)SC(=C6SC(C)=C(C)S6)S5)=C(SCSC5=C(SC)SC(=C6SC(C)=C(C)S6)S5)S4)S3)S2)S1. The van der Waals surface area contributed by atoms with E-state index < -0.39 is 23.9 Å². The lowest BCUT2D eigenvalue weighted by molar-refractivity contribution is -0.138. The molecule has 0 fully saturated rings. The molecule has 0 radical (unpaired) electrons. The number of thioether (sulfide) groups is 32. The summed E-state index contributed by atoms with van der Waals surface area (Å²) in [5.41, 5.74) is 0. The monoisotopic (exact) mass is 1800 g/mol. The molecule has 8 nitrogen and oxygen atoms in total. The van der Waals surface area contributed by atoms with E-state index in [1.165, 1.54) is 171 Å². The first-order valence-corrected chi connectivity index (χ1v) is 53.7. The molecule has 0 bridgehead atoms. The fourth-order valence-electron chi connectivity index (χ4n) is 6.61. The Morgan fingerprint density at radius 2 is 0.389 bits per heavy atom. The van der Waals surface area contributed by atoms with Crippen molar-refractivity contribution in [3.8, 4) is 0 Å². The van der Waals surface area contributed by atoms with Gasteiger partial charge in [-0.1, -0.05) is 235 Å². The van der Waals surface area contributed by atoms with Crippen molar-refractivity contribution in [2.45, 2.75) is 27.7 Å². The molecule has 0 N–H and O–H groups in total. The van der Waals surface area contributed by atoms with Crippen molar-refractivity contribution >= 4 is 400 Å². The van der Waals surface area contributed by atoms with Crippen LogP contribution in [0.1, 0.15) is 27.7 Å². The Bertz CT molecular complexity index is 3260. The minimum absolute atomic E-state index is 0.255. The highest BCUT2D eigenvalue weighted by Crippen LogP contribution is 2.72. The molecule has 10 aliphatic heterocycles. The topological polar surface area (TPSA) is 105 Å². The third kappa shape index (κ3) is 19.6. The maximum Gasteiger partial charge on any atom is 0.346 e. The number of carbonyl (C=O) groups excluding carboxylic acids is 4. The van der Waals surface area contributed by atoms with Crippen LogP contribution < -0.4 is 0 Å². The van der Waals surface area contributed by atoms with Crippen molar-refractivity contribution in [1.82, 2.24) is 0 Å². The quantitative estimate of drug-likeness (QED) is 0.0519. The van der Waals surface area contributed by atoms with Crippen molar-refractivity contribution in [1.29, 1.82) is 0 Å². The first-order valence-electron chi connectivity index (χ1n) is 24.6. The lowest BCUT2D eigenvalue weighted by atomic mass is 10.5. The van der Waals surface area contributed by atoms with Gasteiger partial charge >= 0.3 is 23.9 Å². The van der Waals surface area contributed by atoms with E-state index in [-0.39, 0.29) is 19.6 Å². The average molecular weight is 1800 g/mol. The molecule has 0 aliphatic carbocycles. The van der Waals surface area contributed by atoms with Crippen LogP contribution in [0.25, 0.3) is 0 Å². The van der Waals surface area contributed by atoms with Crippen LogP contribution in [-0.4, -0.2) is 97.7 Å². The standard InChI is InChI=1S/C50H44O8S32/c1-17-18(2)72-41(71-17)45-79-29(59-9)33(83-45)63-13-67-37-38(68-14-64-34-30(60-10)80-46(84-34)42-73-19(3)20(4)74-42)88-49(87-37)50-89-39(69-15-65-35-31(61-11)81-47(85-35)43-75-21(25(51)55-5)22(76-43)26(52)56-6)40(90-50)70-16-66-36-32(62-12)82-48(86-36)44-77-23(27(53)57-7)24(78-44)28(54)58-8/h13-16H2,1-12H3. The number of methoxy groups -OCH3 is 4. The highest BCUT2D eigenvalue weighted by atomic mass is 32.3. The third-order valence-corrected chi connectivity index (χ3v) is 57.0. The molecule has 10 heterocycles. The largest absolute Gasteiger partial charge is 0.465 e. The zero-order chi connectivity index (χ0) is 63.9. The summed E-state index contributed by atoms with van der Waals surface area (Å²) in [6, 6.07) is 0. The third-order valence-electron chi connectivity index (χ3n) is 11.0. The fourth-order valence-corrected chi connectivity index (χ4v) is 53.7. The Labute approximate surface area is 661 Å². The van der Waals surface area contributed by atoms with Crippen molar-refractivity contribution < 1.29 is 38.1 Å². The second kappa shape index (κ2) is 37.7. The summed E-state index contributed by atoms with van der Waals surface area (Å²) in [5.74, 6) is -2.20. The Kier molecular flexibility index (Phi) is 32.6. The van der Waals surface area contributed by atoms with Crippen molar-refractivity contribution in [2.24, 2.45) is 0 Å². The Balaban J connectivity index is 0.868. The summed E-state index contributed by atoms with van der Waals surface area (Å²) in [5, 5.41) is 3.41. The number of ether oxygens (including phenoxy) is 4. The maximum absolute atomic E-state index is 12.8. The zero-order valence-electron chi connectivity index (χ0n) is 48.2. The van der Waals surface area contributed by atoms with Crippen LogP contribution in [0.5, 0.6) is 0 Å². The van der Waals surface area contributed by atoms with Gasteiger partial charge in [-0.05, 0) is 72.3 Å². The van der Waals surface area contributed by atoms with Gasteiger partial charge in [0.05, 0.1) is 122 Å². The summed E-state index contributed by atoms with van der Waals surface area (Å²) in [6.45, 7) is 8.92. The van der Waals surface area contributed by atoms with Crippen LogP contribution in [0.4, 0.5) is 0 Å². The highest BCUT2D eigenvalue weighted by Gasteiger charge is 2.40. The first kappa shape index (κ1) is 77.8. The minimum Gasteiger partial charge on any atom is -0.465 e. The van der Waals surface area contributed by atoms with Crippen LogP contribution in [0.3, 0.4) is 0 Å². The lowest BCUT2D eigenvalue weighted by Gasteiger charge is -2.07. The van der Waals surface area contributed by atoms with Crippen molar-refractivity contribution in [3.05, 3.63) is 132 Å². The summed E-state index contributed by atoms with van der Waals surface area (Å²) >= 11 is 57.5. The van der Waals surface area contributed by atoms with Gasteiger partial charge in [-0.3, -0.25) is 0 Å². The predicted molar refractivity (Wildman–Crippen MR) is 462 cm³/mol. The smallest absolute Gasteiger partial charge is 0.346 e. The molecule has 10 aliphatic rings. The predicted octanol–water partition coefficient (Wildman–Crippen LogP) is 26.9. The molecule has 90 heavy (non-hydrogen) atoms. The molecular formula is C50H44O8S32. The number of hydrogen-bond acceptors (Lipinski definition) is 40. The maximum atomic E-state index is 12.8. The van der Waals surface area contributed by atoms with E-state index in [2.05, 4.69) is 52.7 Å². The zero-order valence-corrected chi connectivity index (χ0v) is 74.3. The lowest BCUT2D eigenvalue weighted by Crippen LogP contribution is -2.08. The highest BCUT2D eigenvalue weighted by molar-refractivity contribution is 8.50. The van der Waals surface area contributed by atoms with Gasteiger partial charge in [0.15, 0.2) is 0 Å². The summed E-state index contributed by atoms with van der Waals surface area (Å²) in [4.78, 5) is 57.8. The van der Waals surface area contributed by atoms with E-state index in [1.807, 2.05) is 259 Å². The van der Waals surface area contributed by atoms with E-state index in [0.717, 1.165) is 37.3 Å². The van der Waals surface area contributed by atoms with Crippen molar-refractivity contribution in [3.63, 3.8) is 0 Å². The summed E-state index contributed by atoms with van der Waals surface area (Å²) < 4.78 is 48.0. The van der Waals surface area contributed by atoms with E-state index in [4.69, 9.17) is 18.9 Å². The van der Waals surface area contributed by atoms with Gasteiger partial charge in [-0.2, -0.15) is 0 Å². The van der Waals surface area contributed by atoms with Crippen LogP contribution in [0.15, 0.2) is 132 Å². The number of esters is 4. The Morgan fingerprint density at radius 3 is 0.556 bits per heavy atom. The second-order valence-corrected chi connectivity index (χ2v) is 55.8. The van der Waals surface area contributed by atoms with Gasteiger partial charge in [0.1, 0.15) is 19.6 Å². The van der Waals surface area contributed by atoms with E-state index >= 15 is 0 Å². The molecule has 484 valence electrons. The number of hydrogen-bond donors (Lipinski definition) is 0. The minimum atomic E-state index is -0.549. The van der Waals surface area contributed by atoms with Gasteiger partial charge in [0.2, 0.25) is 0 Å². The van der Waals surface area contributed by atoms with E-state index in [9.17, 15) is 19.2 Å². The summed E-state index contributed by atoms with van der Waals surface area (Å²) in [7, 11) is 5.30. The van der Waals surface area contributed by atoms with Crippen LogP contribution in [0, 0.1) is 0 Å². The van der Waals surface area contributed by atoms with Gasteiger partial charge < -0.3 is 18.9 Å². The van der Waals surface area contributed by atoms with Crippen LogP contribution in [-0.2, 0) is 38.1 Å². The van der Waals surface area contributed by atoms with Gasteiger partial charge in [0.25, 0.3) is 0 Å². The second-order valence-electron chi connectivity index (χ2n) is 16.3. The molecule has 0 atom stereocenters. The van der Waals surface area contributed by atoms with Crippen molar-refractivity contribution in [2.75, 3.05) is 73.8 Å². The molecular weight excluding hydrogens is 1750 g/mol. The van der Waals surface area contributed by atoms with Gasteiger partial charge in [0, 0.05) is 20.3 Å². The molecule has 40 heteroatoms. The van der Waals surface area contributed by atoms with E-state index in [1.54, 1.807) is 70.6 Å². The Morgan fingerprint density at radius 1 is 0.244 bits per heavy atom. The molecule has 0 aromatic rings. The molecule has 0 aromatic heterocycles. The van der Waals surface area contributed by atoms with Gasteiger partial charge in [-0.25, -0.2) is 19.2 Å². The van der Waals surface area contributed by atoms with Crippen LogP contribution in [0.2, 0.25) is 0 Å². The molecule has 10 rings (SSSR count). The van der Waals surface area contributed by atoms with Gasteiger partial charge in [-0.15, -0.1) is 141 Å². The molecule has 0 aromatic carbocycles. The molecule has 0 unspecified atom stereocenters. The fraction of sp³-hybridized carbons (Fsp3) is 0.320. The molecule has 0 spiro atoms. The number of carbonyl (C=O) groups is 4. The first-order chi connectivity index (χ1) is 43.5. The molecule has 0 saturated heterocycles. The molecule has 0 saturated carbocycles. The number of allylic oxidation sites excluding steroid dienone is 4.